The molecule has 1 aliphatic heterocycles. The first-order valence-corrected chi connectivity index (χ1v) is 8.00. The second kappa shape index (κ2) is 6.74. The van der Waals surface area contributed by atoms with Crippen molar-refractivity contribution < 1.29 is 14.7 Å². The number of carbonyl (C=O) groups is 2. The fraction of sp³-hybridized carbons (Fsp3) is 0.263. The third kappa shape index (κ3) is 3.40. The summed E-state index contributed by atoms with van der Waals surface area (Å²) >= 11 is 0. The zero-order valence-electron chi connectivity index (χ0n) is 13.6. The van der Waals surface area contributed by atoms with Crippen LogP contribution in [0.15, 0.2) is 48.5 Å². The number of carboxylic acids is 1. The number of carbonyl (C=O) groups excluding carboxylic acids is 1. The highest BCUT2D eigenvalue weighted by atomic mass is 16.4. The second-order valence-corrected chi connectivity index (χ2v) is 6.05. The van der Waals surface area contributed by atoms with Crippen LogP contribution in [-0.4, -0.2) is 35.1 Å². The van der Waals surface area contributed by atoms with Crippen LogP contribution in [0.5, 0.6) is 0 Å². The van der Waals surface area contributed by atoms with Gasteiger partial charge < -0.3 is 10.0 Å². The molecule has 5 heteroatoms. The number of anilines is 1. The lowest BCUT2D eigenvalue weighted by Gasteiger charge is -2.35. The van der Waals surface area contributed by atoms with E-state index in [2.05, 4.69) is 0 Å². The van der Waals surface area contributed by atoms with Gasteiger partial charge in [0.2, 0.25) is 0 Å². The maximum absolute atomic E-state index is 12.8. The Kier molecular flexibility index (Phi) is 4.51. The van der Waals surface area contributed by atoms with E-state index in [1.807, 2.05) is 36.1 Å². The number of aryl methyl sites for hydroxylation is 1. The van der Waals surface area contributed by atoms with E-state index in [1.165, 1.54) is 17.7 Å². The van der Waals surface area contributed by atoms with Crippen molar-refractivity contribution in [1.82, 2.24) is 4.90 Å². The predicted molar refractivity (Wildman–Crippen MR) is 92.3 cm³/mol. The van der Waals surface area contributed by atoms with Crippen LogP contribution in [0.25, 0.3) is 0 Å². The molecular weight excluding hydrogens is 304 g/mol. The predicted octanol–water partition coefficient (Wildman–Crippen LogP) is 3.53. The van der Waals surface area contributed by atoms with E-state index in [0.29, 0.717) is 13.1 Å². The Balaban J connectivity index is 1.74. The molecule has 2 amide bonds. The summed E-state index contributed by atoms with van der Waals surface area (Å²) in [6, 6.07) is 14.6. The van der Waals surface area contributed by atoms with E-state index in [1.54, 1.807) is 17.0 Å². The minimum Gasteiger partial charge on any atom is -0.478 e. The van der Waals surface area contributed by atoms with E-state index < -0.39 is 5.97 Å². The van der Waals surface area contributed by atoms with Crippen molar-refractivity contribution in [3.63, 3.8) is 0 Å². The lowest BCUT2D eigenvalue weighted by atomic mass is 10.1. The maximum Gasteiger partial charge on any atom is 0.335 e. The lowest BCUT2D eigenvalue weighted by Crippen LogP contribution is -2.49. The number of hydrogen-bond donors (Lipinski definition) is 1. The first-order chi connectivity index (χ1) is 11.5. The normalized spacial score (nSPS) is 14.8. The molecule has 24 heavy (non-hydrogen) atoms. The van der Waals surface area contributed by atoms with Crippen LogP contribution < -0.4 is 4.90 Å². The van der Waals surface area contributed by atoms with Gasteiger partial charge in [0.05, 0.1) is 5.56 Å². The van der Waals surface area contributed by atoms with E-state index in [9.17, 15) is 9.59 Å². The SMILES string of the molecule is Cc1ccc(CN2CCCN(c3ccc(C(=O)O)cc3)C2=O)cc1. The standard InChI is InChI=1S/C19H20N2O3/c1-14-3-5-15(6-4-14)13-20-11-2-12-21(19(20)24)17-9-7-16(8-10-17)18(22)23/h3-10H,2,11-13H2,1H3,(H,22,23). The van der Waals surface area contributed by atoms with Crippen LogP contribution in [0, 0.1) is 6.92 Å². The number of carboxylic acid groups (broad SMARTS) is 1. The largest absolute Gasteiger partial charge is 0.478 e. The summed E-state index contributed by atoms with van der Waals surface area (Å²) in [5, 5.41) is 8.97. The molecule has 1 N–H and O–H groups in total. The number of benzene rings is 2. The molecule has 0 unspecified atom stereocenters. The summed E-state index contributed by atoms with van der Waals surface area (Å²) in [5.41, 5.74) is 3.26. The molecule has 1 aliphatic rings. The third-order valence-corrected chi connectivity index (χ3v) is 4.23. The number of hydrogen-bond acceptors (Lipinski definition) is 2. The maximum atomic E-state index is 12.8. The molecule has 0 bridgehead atoms. The zero-order valence-corrected chi connectivity index (χ0v) is 13.6. The number of aromatic carboxylic acids is 1. The Hall–Kier alpha value is -2.82. The molecule has 0 aliphatic carbocycles. The minimum atomic E-state index is -0.965. The molecule has 0 spiro atoms. The molecule has 3 rings (SSSR count). The summed E-state index contributed by atoms with van der Waals surface area (Å²) in [7, 11) is 0. The third-order valence-electron chi connectivity index (χ3n) is 4.23. The van der Waals surface area contributed by atoms with Gasteiger partial charge in [0.25, 0.3) is 0 Å². The first kappa shape index (κ1) is 16.1. The number of urea groups is 1. The van der Waals surface area contributed by atoms with Gasteiger partial charge in [0.1, 0.15) is 0 Å². The van der Waals surface area contributed by atoms with Crippen molar-refractivity contribution in [3.8, 4) is 0 Å². The summed E-state index contributed by atoms with van der Waals surface area (Å²) in [5.74, 6) is -0.965. The fourth-order valence-electron chi connectivity index (χ4n) is 2.87. The summed E-state index contributed by atoms with van der Waals surface area (Å²) in [6.07, 6.45) is 0.887. The summed E-state index contributed by atoms with van der Waals surface area (Å²) in [4.78, 5) is 27.2. The first-order valence-electron chi connectivity index (χ1n) is 8.00. The number of amides is 2. The van der Waals surface area contributed by atoms with E-state index in [0.717, 1.165) is 24.2 Å². The molecule has 2 aromatic carbocycles. The Bertz CT molecular complexity index is 738. The Labute approximate surface area is 141 Å². The fourth-order valence-corrected chi connectivity index (χ4v) is 2.87. The zero-order chi connectivity index (χ0) is 17.1. The van der Waals surface area contributed by atoms with E-state index in [4.69, 9.17) is 5.11 Å². The van der Waals surface area contributed by atoms with E-state index >= 15 is 0 Å². The smallest absolute Gasteiger partial charge is 0.335 e. The number of rotatable bonds is 4. The average Bonchev–Trinajstić information content (AvgIpc) is 2.59. The van der Waals surface area contributed by atoms with Gasteiger partial charge in [-0.3, -0.25) is 4.90 Å². The Morgan fingerprint density at radius 3 is 2.33 bits per heavy atom. The quantitative estimate of drug-likeness (QED) is 0.936. The molecule has 1 heterocycles. The van der Waals surface area contributed by atoms with Crippen molar-refractivity contribution in [2.24, 2.45) is 0 Å². The van der Waals surface area contributed by atoms with Crippen molar-refractivity contribution in [2.45, 2.75) is 19.9 Å². The van der Waals surface area contributed by atoms with Crippen molar-refractivity contribution >= 4 is 17.7 Å². The van der Waals surface area contributed by atoms with Crippen molar-refractivity contribution in [2.75, 3.05) is 18.0 Å². The van der Waals surface area contributed by atoms with Gasteiger partial charge in [0.15, 0.2) is 0 Å². The molecule has 5 nitrogen and oxygen atoms in total. The lowest BCUT2D eigenvalue weighted by molar-refractivity contribution is 0.0697. The molecule has 2 aromatic rings. The van der Waals surface area contributed by atoms with Gasteiger partial charge in [-0.05, 0) is 43.2 Å². The van der Waals surface area contributed by atoms with Gasteiger partial charge in [-0.25, -0.2) is 9.59 Å². The minimum absolute atomic E-state index is 0.0371. The molecule has 1 saturated heterocycles. The van der Waals surface area contributed by atoms with Crippen molar-refractivity contribution in [1.29, 1.82) is 0 Å². The highest BCUT2D eigenvalue weighted by Crippen LogP contribution is 2.22. The topological polar surface area (TPSA) is 60.9 Å². The van der Waals surface area contributed by atoms with Crippen LogP contribution in [0.1, 0.15) is 27.9 Å². The molecule has 124 valence electrons. The van der Waals surface area contributed by atoms with Crippen LogP contribution >= 0.6 is 0 Å². The molecule has 0 aromatic heterocycles. The highest BCUT2D eigenvalue weighted by Gasteiger charge is 2.26. The van der Waals surface area contributed by atoms with Gasteiger partial charge in [-0.1, -0.05) is 29.8 Å². The van der Waals surface area contributed by atoms with Gasteiger partial charge in [0, 0.05) is 25.3 Å². The molecule has 0 saturated carbocycles. The second-order valence-electron chi connectivity index (χ2n) is 6.05. The molecule has 0 radical (unpaired) electrons. The molecule has 1 fully saturated rings. The summed E-state index contributed by atoms with van der Waals surface area (Å²) in [6.45, 7) is 4.01. The van der Waals surface area contributed by atoms with Crippen LogP contribution in [0.3, 0.4) is 0 Å². The monoisotopic (exact) mass is 324 g/mol. The molecular formula is C19H20N2O3. The van der Waals surface area contributed by atoms with Crippen LogP contribution in [-0.2, 0) is 6.54 Å². The van der Waals surface area contributed by atoms with Gasteiger partial charge >= 0.3 is 12.0 Å². The molecule has 0 atom stereocenters. The van der Waals surface area contributed by atoms with Gasteiger partial charge in [-0.2, -0.15) is 0 Å². The average molecular weight is 324 g/mol. The summed E-state index contributed by atoms with van der Waals surface area (Å²) < 4.78 is 0. The van der Waals surface area contributed by atoms with Crippen LogP contribution in [0.4, 0.5) is 10.5 Å². The van der Waals surface area contributed by atoms with E-state index in [-0.39, 0.29) is 11.6 Å². The van der Waals surface area contributed by atoms with Crippen molar-refractivity contribution in [3.05, 3.63) is 65.2 Å². The Morgan fingerprint density at radius 2 is 1.71 bits per heavy atom. The highest BCUT2D eigenvalue weighted by molar-refractivity contribution is 5.94. The van der Waals surface area contributed by atoms with Crippen LogP contribution in [0.2, 0.25) is 0 Å². The Morgan fingerprint density at radius 1 is 1.04 bits per heavy atom. The van der Waals surface area contributed by atoms with Gasteiger partial charge in [-0.15, -0.1) is 0 Å². The number of nitrogens with zero attached hydrogens (tertiary/aromatic N) is 2.